The van der Waals surface area contributed by atoms with Crippen LogP contribution < -0.4 is 0 Å². The second-order valence-corrected chi connectivity index (χ2v) is 8.06. The quantitative estimate of drug-likeness (QED) is 0.747. The Morgan fingerprint density at radius 2 is 2.04 bits per heavy atom. The molecule has 4 rings (SSSR count). The van der Waals surface area contributed by atoms with Crippen molar-refractivity contribution in [1.82, 2.24) is 19.9 Å². The van der Waals surface area contributed by atoms with Gasteiger partial charge in [-0.2, -0.15) is 0 Å². The Morgan fingerprint density at radius 3 is 2.77 bits per heavy atom. The normalized spacial score (nSPS) is 15.7. The highest BCUT2D eigenvalue weighted by Gasteiger charge is 2.28. The molecule has 1 aliphatic heterocycles. The summed E-state index contributed by atoms with van der Waals surface area (Å²) >= 11 is 1.57. The molecule has 1 aliphatic rings. The van der Waals surface area contributed by atoms with E-state index < -0.39 is 0 Å². The minimum Gasteiger partial charge on any atom is -0.342 e. The number of H-pyrrole nitrogens is 1. The summed E-state index contributed by atoms with van der Waals surface area (Å²) in [6, 6.07) is 8.13. The first-order valence-corrected chi connectivity index (χ1v) is 10.2. The van der Waals surface area contributed by atoms with Crippen molar-refractivity contribution in [3.8, 4) is 0 Å². The monoisotopic (exact) mass is 368 g/mol. The highest BCUT2D eigenvalue weighted by atomic mass is 32.1. The number of benzene rings is 1. The second kappa shape index (κ2) is 7.19. The molecule has 1 aromatic carbocycles. The Balaban J connectivity index is 1.43. The third kappa shape index (κ3) is 3.26. The second-order valence-electron chi connectivity index (χ2n) is 6.98. The molecule has 0 spiro atoms. The van der Waals surface area contributed by atoms with Crippen LogP contribution in [0, 0.1) is 6.92 Å². The predicted octanol–water partition coefficient (Wildman–Crippen LogP) is 4.30. The number of carbonyl (C=O) groups excluding carboxylic acids is 1. The van der Waals surface area contributed by atoms with Gasteiger partial charge in [-0.15, -0.1) is 11.3 Å². The number of piperidine rings is 1. The van der Waals surface area contributed by atoms with Gasteiger partial charge in [0.05, 0.1) is 21.7 Å². The number of aromatic amines is 1. The van der Waals surface area contributed by atoms with Crippen LogP contribution >= 0.6 is 11.3 Å². The summed E-state index contributed by atoms with van der Waals surface area (Å²) in [7, 11) is 0. The van der Waals surface area contributed by atoms with Crippen molar-refractivity contribution in [2.45, 2.75) is 45.4 Å². The lowest BCUT2D eigenvalue weighted by molar-refractivity contribution is 0.0715. The molecule has 2 aromatic heterocycles. The molecule has 136 valence electrons. The fourth-order valence-corrected chi connectivity index (χ4v) is 4.77. The number of hydrogen-bond acceptors (Lipinski definition) is 4. The van der Waals surface area contributed by atoms with Gasteiger partial charge in [-0.1, -0.05) is 19.1 Å². The number of imidazole rings is 1. The fourth-order valence-electron chi connectivity index (χ4n) is 3.64. The molecule has 0 atom stereocenters. The van der Waals surface area contributed by atoms with Crippen molar-refractivity contribution < 1.29 is 4.79 Å². The Hall–Kier alpha value is -2.21. The molecule has 3 heterocycles. The zero-order valence-corrected chi connectivity index (χ0v) is 16.1. The van der Waals surface area contributed by atoms with Crippen LogP contribution in [-0.2, 0) is 6.42 Å². The van der Waals surface area contributed by atoms with Gasteiger partial charge in [0.2, 0.25) is 0 Å². The topological polar surface area (TPSA) is 61.9 Å². The lowest BCUT2D eigenvalue weighted by Gasteiger charge is -2.30. The van der Waals surface area contributed by atoms with E-state index in [4.69, 9.17) is 4.98 Å². The van der Waals surface area contributed by atoms with E-state index in [2.05, 4.69) is 23.0 Å². The van der Waals surface area contributed by atoms with Gasteiger partial charge in [0.25, 0.3) is 5.91 Å². The number of rotatable bonds is 4. The molecule has 0 unspecified atom stereocenters. The number of aromatic nitrogens is 3. The number of fused-ring (bicyclic) bond motifs is 1. The molecule has 0 aliphatic carbocycles. The van der Waals surface area contributed by atoms with Gasteiger partial charge in [0.15, 0.2) is 0 Å². The first-order chi connectivity index (χ1) is 12.7. The number of carbonyl (C=O) groups is 1. The average Bonchev–Trinajstić information content (AvgIpc) is 3.25. The summed E-state index contributed by atoms with van der Waals surface area (Å²) in [5.74, 6) is 1.59. The fraction of sp³-hybridized carbons (Fsp3) is 0.450. The molecule has 1 saturated heterocycles. The molecule has 26 heavy (non-hydrogen) atoms. The number of nitrogens with one attached hydrogen (secondary N) is 1. The summed E-state index contributed by atoms with van der Waals surface area (Å²) in [4.78, 5) is 28.4. The van der Waals surface area contributed by atoms with Crippen molar-refractivity contribution in [1.29, 1.82) is 0 Å². The molecule has 0 saturated carbocycles. The third-order valence-corrected chi connectivity index (χ3v) is 6.28. The lowest BCUT2D eigenvalue weighted by Crippen LogP contribution is -2.38. The SMILES string of the molecule is CCCc1nc(C)c(C(=O)N2CCC(c3nc4ccccc4[nH]3)CC2)s1. The van der Waals surface area contributed by atoms with E-state index in [1.807, 2.05) is 30.0 Å². The summed E-state index contributed by atoms with van der Waals surface area (Å²) in [6.07, 6.45) is 3.91. The Kier molecular flexibility index (Phi) is 4.76. The van der Waals surface area contributed by atoms with Crippen molar-refractivity contribution in [3.63, 3.8) is 0 Å². The number of aryl methyl sites for hydroxylation is 2. The highest BCUT2D eigenvalue weighted by molar-refractivity contribution is 7.13. The maximum absolute atomic E-state index is 12.9. The summed E-state index contributed by atoms with van der Waals surface area (Å²) in [5.41, 5.74) is 2.98. The van der Waals surface area contributed by atoms with Gasteiger partial charge in [-0.25, -0.2) is 9.97 Å². The zero-order valence-electron chi connectivity index (χ0n) is 15.3. The van der Waals surface area contributed by atoms with Crippen LogP contribution in [0.5, 0.6) is 0 Å². The van der Waals surface area contributed by atoms with Gasteiger partial charge in [-0.05, 0) is 44.7 Å². The Morgan fingerprint density at radius 1 is 1.27 bits per heavy atom. The van der Waals surface area contributed by atoms with Gasteiger partial charge >= 0.3 is 0 Å². The molecule has 1 N–H and O–H groups in total. The number of hydrogen-bond donors (Lipinski definition) is 1. The molecule has 1 amide bonds. The van der Waals surface area contributed by atoms with Crippen LogP contribution in [0.3, 0.4) is 0 Å². The summed E-state index contributed by atoms with van der Waals surface area (Å²) in [5, 5.41) is 1.07. The average molecular weight is 369 g/mol. The van der Waals surface area contributed by atoms with Crippen molar-refractivity contribution >= 4 is 28.3 Å². The number of thiazole rings is 1. The van der Waals surface area contributed by atoms with Crippen LogP contribution in [0.25, 0.3) is 11.0 Å². The maximum atomic E-state index is 12.9. The Bertz CT molecular complexity index is 888. The minimum absolute atomic E-state index is 0.144. The molecular weight excluding hydrogens is 344 g/mol. The number of nitrogens with zero attached hydrogens (tertiary/aromatic N) is 3. The first kappa shape index (κ1) is 17.2. The van der Waals surface area contributed by atoms with E-state index in [0.717, 1.165) is 71.2 Å². The molecular formula is C20H24N4OS. The number of amides is 1. The van der Waals surface area contributed by atoms with Gasteiger partial charge in [0, 0.05) is 19.0 Å². The number of likely N-dealkylation sites (tertiary alicyclic amines) is 1. The van der Waals surface area contributed by atoms with Gasteiger partial charge in [0.1, 0.15) is 10.7 Å². The van der Waals surface area contributed by atoms with E-state index >= 15 is 0 Å². The van der Waals surface area contributed by atoms with E-state index in [-0.39, 0.29) is 5.91 Å². The predicted molar refractivity (Wildman–Crippen MR) is 105 cm³/mol. The van der Waals surface area contributed by atoms with Crippen molar-refractivity contribution in [3.05, 3.63) is 45.7 Å². The van der Waals surface area contributed by atoms with Crippen molar-refractivity contribution in [2.75, 3.05) is 13.1 Å². The first-order valence-electron chi connectivity index (χ1n) is 9.36. The van der Waals surface area contributed by atoms with E-state index in [1.54, 1.807) is 11.3 Å². The third-order valence-electron chi connectivity index (χ3n) is 5.08. The van der Waals surface area contributed by atoms with Crippen LogP contribution in [0.1, 0.15) is 58.3 Å². The maximum Gasteiger partial charge on any atom is 0.265 e. The standard InChI is InChI=1S/C20H24N4OS/c1-3-6-17-21-13(2)18(26-17)20(25)24-11-9-14(10-12-24)19-22-15-7-4-5-8-16(15)23-19/h4-5,7-8,14H,3,6,9-12H2,1-2H3,(H,22,23). The Labute approximate surface area is 157 Å². The summed E-state index contributed by atoms with van der Waals surface area (Å²) < 4.78 is 0. The largest absolute Gasteiger partial charge is 0.342 e. The van der Waals surface area contributed by atoms with E-state index in [9.17, 15) is 4.79 Å². The number of para-hydroxylation sites is 2. The molecule has 1 fully saturated rings. The van der Waals surface area contributed by atoms with Crippen LogP contribution in [0.15, 0.2) is 24.3 Å². The van der Waals surface area contributed by atoms with E-state index in [1.165, 1.54) is 0 Å². The smallest absolute Gasteiger partial charge is 0.265 e. The highest BCUT2D eigenvalue weighted by Crippen LogP contribution is 2.29. The minimum atomic E-state index is 0.144. The van der Waals surface area contributed by atoms with Gasteiger partial charge in [-0.3, -0.25) is 4.79 Å². The van der Waals surface area contributed by atoms with Crippen molar-refractivity contribution in [2.24, 2.45) is 0 Å². The summed E-state index contributed by atoms with van der Waals surface area (Å²) in [6.45, 7) is 5.65. The molecule has 6 heteroatoms. The molecule has 0 radical (unpaired) electrons. The molecule has 5 nitrogen and oxygen atoms in total. The molecule has 0 bridgehead atoms. The van der Waals surface area contributed by atoms with Gasteiger partial charge < -0.3 is 9.88 Å². The van der Waals surface area contributed by atoms with Crippen LogP contribution in [0.2, 0.25) is 0 Å². The zero-order chi connectivity index (χ0) is 18.1. The molecule has 3 aromatic rings. The lowest BCUT2D eigenvalue weighted by atomic mass is 9.96. The van der Waals surface area contributed by atoms with E-state index in [0.29, 0.717) is 5.92 Å². The van der Waals surface area contributed by atoms with Crippen LogP contribution in [-0.4, -0.2) is 38.8 Å². The van der Waals surface area contributed by atoms with Crippen LogP contribution in [0.4, 0.5) is 0 Å².